The van der Waals surface area contributed by atoms with E-state index in [4.69, 9.17) is 4.98 Å². The lowest BCUT2D eigenvalue weighted by Crippen LogP contribution is -2.36. The van der Waals surface area contributed by atoms with Crippen molar-refractivity contribution in [2.45, 2.75) is 18.9 Å². The van der Waals surface area contributed by atoms with Crippen LogP contribution in [0.15, 0.2) is 36.5 Å². The third-order valence-electron chi connectivity index (χ3n) is 4.39. The molecule has 4 rings (SSSR count). The second-order valence-corrected chi connectivity index (χ2v) is 6.98. The van der Waals surface area contributed by atoms with E-state index in [2.05, 4.69) is 27.4 Å². The lowest BCUT2D eigenvalue weighted by atomic mass is 10.1. The van der Waals surface area contributed by atoms with Gasteiger partial charge in [-0.05, 0) is 31.0 Å². The normalized spacial score (nSPS) is 18.0. The van der Waals surface area contributed by atoms with Crippen LogP contribution in [0.25, 0.3) is 10.2 Å². The number of thiazole rings is 1. The van der Waals surface area contributed by atoms with Crippen molar-refractivity contribution in [2.75, 3.05) is 25.0 Å². The predicted molar refractivity (Wildman–Crippen MR) is 95.7 cm³/mol. The van der Waals surface area contributed by atoms with Gasteiger partial charge in [-0.15, -0.1) is 0 Å². The fourth-order valence-electron chi connectivity index (χ4n) is 3.13. The Morgan fingerprint density at radius 3 is 3.04 bits per heavy atom. The Morgan fingerprint density at radius 1 is 1.33 bits per heavy atom. The average Bonchev–Trinajstić information content (AvgIpc) is 3.28. The first-order valence-electron chi connectivity index (χ1n) is 8.12. The number of rotatable bonds is 3. The summed E-state index contributed by atoms with van der Waals surface area (Å²) in [5.74, 6) is -0.146. The number of piperidine rings is 1. The molecule has 1 aliphatic rings. The summed E-state index contributed by atoms with van der Waals surface area (Å²) < 4.78 is 3.14. The zero-order valence-electron chi connectivity index (χ0n) is 13.5. The van der Waals surface area contributed by atoms with Gasteiger partial charge in [0.1, 0.15) is 5.69 Å². The van der Waals surface area contributed by atoms with Crippen LogP contribution in [0, 0.1) is 0 Å². The number of aromatic nitrogens is 3. The molecule has 0 saturated carbocycles. The minimum Gasteiger partial charge on any atom is -0.354 e. The van der Waals surface area contributed by atoms with Crippen LogP contribution in [0.5, 0.6) is 0 Å². The highest BCUT2D eigenvalue weighted by Crippen LogP contribution is 2.32. The minimum absolute atomic E-state index is 0.146. The Hall–Kier alpha value is -2.41. The van der Waals surface area contributed by atoms with Gasteiger partial charge in [-0.3, -0.25) is 9.48 Å². The summed E-state index contributed by atoms with van der Waals surface area (Å²) in [6, 6.07) is 10.3. The number of benzene rings is 1. The highest BCUT2D eigenvalue weighted by Gasteiger charge is 2.24. The molecule has 1 fully saturated rings. The molecule has 2 aromatic heterocycles. The summed E-state index contributed by atoms with van der Waals surface area (Å²) in [6.07, 6.45) is 4.06. The molecule has 124 valence electrons. The molecule has 1 atom stereocenters. The molecule has 1 unspecified atom stereocenters. The smallest absolute Gasteiger partial charge is 0.271 e. The maximum absolute atomic E-state index is 11.7. The Morgan fingerprint density at radius 2 is 2.21 bits per heavy atom. The highest BCUT2D eigenvalue weighted by atomic mass is 32.1. The number of fused-ring (bicyclic) bond motifs is 1. The third-order valence-corrected chi connectivity index (χ3v) is 5.49. The number of amides is 1. The van der Waals surface area contributed by atoms with Crippen molar-refractivity contribution in [1.82, 2.24) is 20.1 Å². The van der Waals surface area contributed by atoms with E-state index in [1.807, 2.05) is 23.0 Å². The molecule has 1 N–H and O–H groups in total. The van der Waals surface area contributed by atoms with E-state index < -0.39 is 0 Å². The van der Waals surface area contributed by atoms with E-state index >= 15 is 0 Å². The molecule has 1 aliphatic heterocycles. The number of nitrogens with one attached hydrogen (secondary N) is 1. The van der Waals surface area contributed by atoms with Gasteiger partial charge in [0.15, 0.2) is 5.13 Å². The van der Waals surface area contributed by atoms with Crippen LogP contribution < -0.4 is 10.2 Å². The molecule has 1 saturated heterocycles. The Kier molecular flexibility index (Phi) is 3.93. The monoisotopic (exact) mass is 341 g/mol. The molecule has 1 aromatic carbocycles. The van der Waals surface area contributed by atoms with Crippen LogP contribution in [-0.2, 0) is 0 Å². The number of hydrogen-bond donors (Lipinski definition) is 1. The third kappa shape index (κ3) is 2.75. The maximum atomic E-state index is 11.7. The molecule has 6 nitrogen and oxygen atoms in total. The van der Waals surface area contributed by atoms with Crippen LogP contribution in [-0.4, -0.2) is 40.8 Å². The fraction of sp³-hybridized carbons (Fsp3) is 0.353. The first-order valence-corrected chi connectivity index (χ1v) is 8.94. The Bertz CT molecular complexity index is 838. The van der Waals surface area contributed by atoms with Gasteiger partial charge in [-0.1, -0.05) is 23.5 Å². The van der Waals surface area contributed by atoms with E-state index in [0.29, 0.717) is 5.69 Å². The standard InChI is InChI=1S/C17H19N5OS/c1-18-16(23)14-8-10-22(20-14)12-5-4-9-21(11-12)17-19-13-6-2-3-7-15(13)24-17/h2-3,6-8,10,12H,4-5,9,11H2,1H3,(H,18,23). The summed E-state index contributed by atoms with van der Waals surface area (Å²) in [7, 11) is 1.62. The Balaban J connectivity index is 1.55. The van der Waals surface area contributed by atoms with Crippen molar-refractivity contribution < 1.29 is 4.79 Å². The molecule has 24 heavy (non-hydrogen) atoms. The topological polar surface area (TPSA) is 63.1 Å². The predicted octanol–water partition coefficient (Wildman–Crippen LogP) is 2.69. The van der Waals surface area contributed by atoms with Crippen molar-refractivity contribution in [3.8, 4) is 0 Å². The van der Waals surface area contributed by atoms with E-state index in [1.165, 1.54) is 4.70 Å². The van der Waals surface area contributed by atoms with E-state index in [9.17, 15) is 4.79 Å². The van der Waals surface area contributed by atoms with Gasteiger partial charge < -0.3 is 10.2 Å². The number of hydrogen-bond acceptors (Lipinski definition) is 5. The van der Waals surface area contributed by atoms with Gasteiger partial charge >= 0.3 is 0 Å². The van der Waals surface area contributed by atoms with Gasteiger partial charge in [0.05, 0.1) is 16.3 Å². The largest absolute Gasteiger partial charge is 0.354 e. The van der Waals surface area contributed by atoms with Crippen molar-refractivity contribution >= 4 is 32.6 Å². The summed E-state index contributed by atoms with van der Waals surface area (Å²) in [6.45, 7) is 1.88. The van der Waals surface area contributed by atoms with Crippen LogP contribution in [0.4, 0.5) is 5.13 Å². The van der Waals surface area contributed by atoms with Crippen molar-refractivity contribution in [3.63, 3.8) is 0 Å². The van der Waals surface area contributed by atoms with Crippen molar-refractivity contribution in [3.05, 3.63) is 42.2 Å². The van der Waals surface area contributed by atoms with Gasteiger partial charge in [-0.2, -0.15) is 5.10 Å². The quantitative estimate of drug-likeness (QED) is 0.796. The summed E-state index contributed by atoms with van der Waals surface area (Å²) in [5.41, 5.74) is 1.52. The SMILES string of the molecule is CNC(=O)c1ccn(C2CCCN(c3nc4ccccc4s3)C2)n1. The summed E-state index contributed by atoms with van der Waals surface area (Å²) in [5, 5.41) is 8.12. The molecular weight excluding hydrogens is 322 g/mol. The van der Waals surface area contributed by atoms with Crippen LogP contribution in [0.1, 0.15) is 29.4 Å². The molecule has 0 spiro atoms. The number of carbonyl (C=O) groups is 1. The molecule has 0 radical (unpaired) electrons. The molecule has 7 heteroatoms. The summed E-state index contributed by atoms with van der Waals surface area (Å²) >= 11 is 1.74. The van der Waals surface area contributed by atoms with Crippen molar-refractivity contribution in [2.24, 2.45) is 0 Å². The first kappa shape index (κ1) is 15.1. The van der Waals surface area contributed by atoms with E-state index in [-0.39, 0.29) is 11.9 Å². The lowest BCUT2D eigenvalue weighted by Gasteiger charge is -2.32. The zero-order valence-corrected chi connectivity index (χ0v) is 14.3. The second-order valence-electron chi connectivity index (χ2n) is 5.97. The molecular formula is C17H19N5OS. The molecule has 0 bridgehead atoms. The molecule has 0 aliphatic carbocycles. The van der Waals surface area contributed by atoms with Gasteiger partial charge in [0, 0.05) is 26.3 Å². The Labute approximate surface area is 144 Å². The fourth-order valence-corrected chi connectivity index (χ4v) is 4.13. The summed E-state index contributed by atoms with van der Waals surface area (Å²) in [4.78, 5) is 18.8. The molecule has 3 aromatic rings. The van der Waals surface area contributed by atoms with E-state index in [0.717, 1.165) is 36.6 Å². The van der Waals surface area contributed by atoms with Crippen LogP contribution in [0.3, 0.4) is 0 Å². The maximum Gasteiger partial charge on any atom is 0.271 e. The van der Waals surface area contributed by atoms with Gasteiger partial charge in [0.2, 0.25) is 0 Å². The van der Waals surface area contributed by atoms with Crippen LogP contribution >= 0.6 is 11.3 Å². The molecule has 1 amide bonds. The average molecular weight is 341 g/mol. The first-order chi connectivity index (χ1) is 11.7. The number of anilines is 1. The minimum atomic E-state index is -0.146. The number of carbonyl (C=O) groups excluding carboxylic acids is 1. The number of para-hydroxylation sites is 1. The van der Waals surface area contributed by atoms with Crippen LogP contribution in [0.2, 0.25) is 0 Å². The van der Waals surface area contributed by atoms with Gasteiger partial charge in [0.25, 0.3) is 5.91 Å². The van der Waals surface area contributed by atoms with Crippen molar-refractivity contribution in [1.29, 1.82) is 0 Å². The number of nitrogens with zero attached hydrogens (tertiary/aromatic N) is 4. The zero-order chi connectivity index (χ0) is 16.5. The highest BCUT2D eigenvalue weighted by molar-refractivity contribution is 7.22. The van der Waals surface area contributed by atoms with E-state index in [1.54, 1.807) is 24.5 Å². The second kappa shape index (κ2) is 6.24. The van der Waals surface area contributed by atoms with Gasteiger partial charge in [-0.25, -0.2) is 4.98 Å². The molecule has 3 heterocycles. The lowest BCUT2D eigenvalue weighted by molar-refractivity contribution is 0.0957.